The van der Waals surface area contributed by atoms with Crippen LogP contribution in [0.15, 0.2) is 28.3 Å². The van der Waals surface area contributed by atoms with Gasteiger partial charge in [0, 0.05) is 24.9 Å². The van der Waals surface area contributed by atoms with Gasteiger partial charge in [-0.25, -0.2) is 4.68 Å². The van der Waals surface area contributed by atoms with E-state index in [1.165, 1.54) is 11.3 Å². The first kappa shape index (κ1) is 26.9. The number of oxime groups is 1. The number of carbonyl (C=O) groups is 1. The zero-order valence-corrected chi connectivity index (χ0v) is 21.4. The minimum atomic E-state index is -4.62. The van der Waals surface area contributed by atoms with Crippen molar-refractivity contribution < 1.29 is 22.8 Å². The molecule has 0 aliphatic carbocycles. The maximum Gasteiger partial charge on any atom is 0.416 e. The van der Waals surface area contributed by atoms with Crippen LogP contribution in [-0.2, 0) is 18.1 Å². The number of carbonyl (C=O) groups excluding carboxylic acids is 1. The largest absolute Gasteiger partial charge is 0.416 e. The highest BCUT2D eigenvalue weighted by Gasteiger charge is 2.32. The zero-order valence-electron chi connectivity index (χ0n) is 20.5. The van der Waals surface area contributed by atoms with E-state index >= 15 is 0 Å². The van der Waals surface area contributed by atoms with Gasteiger partial charge in [-0.3, -0.25) is 4.79 Å². The van der Waals surface area contributed by atoms with Crippen LogP contribution in [-0.4, -0.2) is 28.1 Å². The lowest BCUT2D eigenvalue weighted by Crippen LogP contribution is -2.23. The van der Waals surface area contributed by atoms with Crippen molar-refractivity contribution in [2.75, 3.05) is 6.54 Å². The van der Waals surface area contributed by atoms with Gasteiger partial charge in [0.25, 0.3) is 5.91 Å². The third kappa shape index (κ3) is 7.39. The molecule has 0 atom stereocenters. The third-order valence-corrected chi connectivity index (χ3v) is 6.77. The molecule has 1 aromatic heterocycles. The van der Waals surface area contributed by atoms with E-state index in [1.807, 2.05) is 27.7 Å². The summed E-state index contributed by atoms with van der Waals surface area (Å²) in [7, 11) is 0. The second-order valence-electron chi connectivity index (χ2n) is 9.51. The van der Waals surface area contributed by atoms with Gasteiger partial charge < -0.3 is 10.2 Å². The van der Waals surface area contributed by atoms with Crippen molar-refractivity contribution in [3.63, 3.8) is 0 Å². The van der Waals surface area contributed by atoms with Crippen molar-refractivity contribution in [3.05, 3.63) is 39.1 Å². The van der Waals surface area contributed by atoms with Crippen LogP contribution in [0.3, 0.4) is 0 Å². The second-order valence-corrected chi connectivity index (χ2v) is 10.5. The fourth-order valence-electron chi connectivity index (χ4n) is 3.35. The first-order valence-corrected chi connectivity index (χ1v) is 12.7. The van der Waals surface area contributed by atoms with Gasteiger partial charge in [0.2, 0.25) is 4.80 Å². The average molecular weight is 512 g/mol. The van der Waals surface area contributed by atoms with Crippen LogP contribution in [0.25, 0.3) is 0 Å². The highest BCUT2D eigenvalue weighted by molar-refractivity contribution is 7.09. The van der Waals surface area contributed by atoms with Crippen LogP contribution in [0.1, 0.15) is 87.1 Å². The number of hydrogen-bond donors (Lipinski definition) is 1. The van der Waals surface area contributed by atoms with Gasteiger partial charge >= 0.3 is 6.18 Å². The van der Waals surface area contributed by atoms with Gasteiger partial charge in [0.15, 0.2) is 5.75 Å². The second kappa shape index (κ2) is 11.4. The first-order chi connectivity index (χ1) is 16.5. The Kier molecular flexibility index (Phi) is 8.74. The standard InChI is InChI=1S/C24H32F3N5O2S/c1-5-6-14-32-22(35-21(30-32)23(2,3)4)29-20(33)17-15-16(24(25,26)27)11-12-18(17)34-31-19-10-8-7-9-13-28-19/h11-12,15H,5-10,13-14H2,1-4H3,(H,28,31). The van der Waals surface area contributed by atoms with Crippen LogP contribution in [0.4, 0.5) is 13.2 Å². The fourth-order valence-corrected chi connectivity index (χ4v) is 4.33. The Morgan fingerprint density at radius 2 is 2.00 bits per heavy atom. The van der Waals surface area contributed by atoms with Crippen molar-refractivity contribution >= 4 is 23.1 Å². The molecule has 2 aromatic rings. The van der Waals surface area contributed by atoms with Crippen LogP contribution in [0.5, 0.6) is 5.75 Å². The average Bonchev–Trinajstić information content (AvgIpc) is 3.01. The lowest BCUT2D eigenvalue weighted by atomic mass is 9.98. The Labute approximate surface area is 207 Å². The molecule has 11 heteroatoms. The molecule has 7 nitrogen and oxygen atoms in total. The highest BCUT2D eigenvalue weighted by Crippen LogP contribution is 2.33. The van der Waals surface area contributed by atoms with Crippen LogP contribution in [0, 0.1) is 0 Å². The molecule has 0 radical (unpaired) electrons. The van der Waals surface area contributed by atoms with Crippen molar-refractivity contribution in [1.82, 2.24) is 15.1 Å². The molecule has 0 saturated carbocycles. The van der Waals surface area contributed by atoms with E-state index in [0.29, 0.717) is 23.6 Å². The number of benzene rings is 1. The molecular weight excluding hydrogens is 479 g/mol. The number of aryl methyl sites for hydroxylation is 1. The Balaban J connectivity index is 2.03. The van der Waals surface area contributed by atoms with Gasteiger partial charge in [-0.1, -0.05) is 57.0 Å². The predicted molar refractivity (Wildman–Crippen MR) is 130 cm³/mol. The Hall–Kier alpha value is -2.69. The summed E-state index contributed by atoms with van der Waals surface area (Å²) in [6, 6.07) is 2.76. The summed E-state index contributed by atoms with van der Waals surface area (Å²) in [6.07, 6.45) is 0.793. The van der Waals surface area contributed by atoms with Crippen molar-refractivity contribution in [2.24, 2.45) is 10.1 Å². The number of rotatable bonds is 6. The molecule has 0 spiro atoms. The summed E-state index contributed by atoms with van der Waals surface area (Å²) in [5.74, 6) is -0.312. The molecule has 192 valence electrons. The van der Waals surface area contributed by atoms with Gasteiger partial charge in [0.05, 0.1) is 11.1 Å². The molecule has 2 heterocycles. The van der Waals surface area contributed by atoms with E-state index in [0.717, 1.165) is 61.9 Å². The van der Waals surface area contributed by atoms with Crippen molar-refractivity contribution in [1.29, 1.82) is 0 Å². The molecular formula is C24H32F3N5O2S. The summed E-state index contributed by atoms with van der Waals surface area (Å²) in [6.45, 7) is 9.34. The maximum absolute atomic E-state index is 13.4. The van der Waals surface area contributed by atoms with Crippen molar-refractivity contribution in [2.45, 2.75) is 84.4 Å². The molecule has 3 rings (SSSR count). The summed E-state index contributed by atoms with van der Waals surface area (Å²) < 4.78 is 41.9. The van der Waals surface area contributed by atoms with Gasteiger partial charge in [0.1, 0.15) is 10.8 Å². The van der Waals surface area contributed by atoms with Crippen molar-refractivity contribution in [3.8, 4) is 5.75 Å². The summed E-state index contributed by atoms with van der Waals surface area (Å²) in [4.78, 5) is 23.2. The van der Waals surface area contributed by atoms with Crippen LogP contribution >= 0.6 is 11.3 Å². The molecule has 1 aliphatic heterocycles. The number of nitrogens with zero attached hydrogens (tertiary/aromatic N) is 4. The van der Waals surface area contributed by atoms with Gasteiger partial charge in [-0.15, -0.1) is 0 Å². The number of unbranched alkanes of at least 4 members (excludes halogenated alkanes) is 1. The Morgan fingerprint density at radius 1 is 1.23 bits per heavy atom. The summed E-state index contributed by atoms with van der Waals surface area (Å²) >= 11 is 1.26. The van der Waals surface area contributed by atoms with E-state index in [1.54, 1.807) is 4.68 Å². The molecule has 1 aromatic carbocycles. The van der Waals surface area contributed by atoms with E-state index < -0.39 is 17.6 Å². The Morgan fingerprint density at radius 3 is 2.69 bits per heavy atom. The first-order valence-electron chi connectivity index (χ1n) is 11.9. The topological polar surface area (TPSA) is 80.9 Å². The predicted octanol–water partition coefficient (Wildman–Crippen LogP) is 5.66. The molecule has 1 saturated heterocycles. The van der Waals surface area contributed by atoms with E-state index in [-0.39, 0.29) is 16.7 Å². The molecule has 1 aliphatic rings. The van der Waals surface area contributed by atoms with E-state index in [2.05, 4.69) is 20.6 Å². The minimum Gasteiger partial charge on any atom is -0.371 e. The number of halogens is 3. The number of nitrogens with one attached hydrogen (secondary N) is 1. The third-order valence-electron chi connectivity index (χ3n) is 5.39. The van der Waals surface area contributed by atoms with Crippen LogP contribution < -0.4 is 15.0 Å². The Bertz CT molecular complexity index is 1120. The van der Waals surface area contributed by atoms with E-state index in [9.17, 15) is 18.0 Å². The number of alkyl halides is 3. The fraction of sp³-hybridized carbons (Fsp3) is 0.583. The molecule has 1 N–H and O–H groups in total. The normalized spacial score (nSPS) is 16.8. The molecule has 1 fully saturated rings. The van der Waals surface area contributed by atoms with Gasteiger partial charge in [-0.2, -0.15) is 23.3 Å². The lowest BCUT2D eigenvalue weighted by molar-refractivity contribution is -0.137. The molecule has 0 unspecified atom stereocenters. The number of amides is 1. The number of hydrogen-bond acceptors (Lipinski definition) is 5. The lowest BCUT2D eigenvalue weighted by Gasteiger charge is -2.12. The molecule has 1 amide bonds. The van der Waals surface area contributed by atoms with Gasteiger partial charge in [-0.05, 0) is 37.5 Å². The highest BCUT2D eigenvalue weighted by atomic mass is 32.1. The maximum atomic E-state index is 13.4. The summed E-state index contributed by atoms with van der Waals surface area (Å²) in [5.41, 5.74) is -1.52. The quantitative estimate of drug-likeness (QED) is 0.508. The SMILES string of the molecule is CCCCn1nc(C(C)(C)C)sc1=NC(=O)c1cc(C(F)(F)F)ccc1ON=C1CCCCCN1. The monoisotopic (exact) mass is 511 g/mol. The van der Waals surface area contributed by atoms with Crippen LogP contribution in [0.2, 0.25) is 0 Å². The minimum absolute atomic E-state index is 0.0778. The smallest absolute Gasteiger partial charge is 0.371 e. The molecule has 0 bridgehead atoms. The summed E-state index contributed by atoms with van der Waals surface area (Å²) in [5, 5.41) is 12.6. The molecule has 35 heavy (non-hydrogen) atoms. The van der Waals surface area contributed by atoms with E-state index in [4.69, 9.17) is 4.84 Å². The zero-order chi connectivity index (χ0) is 25.6. The number of amidine groups is 1. The number of aromatic nitrogens is 2.